The van der Waals surface area contributed by atoms with Crippen molar-refractivity contribution in [2.24, 2.45) is 0 Å². The van der Waals surface area contributed by atoms with Crippen molar-refractivity contribution in [1.82, 2.24) is 5.32 Å². The second kappa shape index (κ2) is 4.03. The highest BCUT2D eigenvalue weighted by molar-refractivity contribution is 6.30. The minimum absolute atomic E-state index is 0.0341. The van der Waals surface area contributed by atoms with Gasteiger partial charge in [0, 0.05) is 29.5 Å². The molecule has 1 aromatic carbocycles. The van der Waals surface area contributed by atoms with Gasteiger partial charge in [-0.15, -0.1) is 0 Å². The maximum Gasteiger partial charge on any atom is 0.220 e. The number of benzene rings is 1. The third-order valence-corrected chi connectivity index (χ3v) is 2.83. The van der Waals surface area contributed by atoms with E-state index in [1.807, 2.05) is 6.07 Å². The Morgan fingerprint density at radius 3 is 2.87 bits per heavy atom. The Balaban J connectivity index is 2.35. The number of halogens is 1. The van der Waals surface area contributed by atoms with Crippen LogP contribution in [0.3, 0.4) is 0 Å². The third-order valence-electron chi connectivity index (χ3n) is 2.59. The summed E-state index contributed by atoms with van der Waals surface area (Å²) in [6.45, 7) is 0.599. The van der Waals surface area contributed by atoms with Crippen molar-refractivity contribution in [1.29, 1.82) is 0 Å². The van der Waals surface area contributed by atoms with Crippen molar-refractivity contribution in [2.75, 3.05) is 6.54 Å². The van der Waals surface area contributed by atoms with Gasteiger partial charge in [0.05, 0.1) is 0 Å². The number of rotatable bonds is 2. The van der Waals surface area contributed by atoms with E-state index in [-0.39, 0.29) is 11.8 Å². The van der Waals surface area contributed by atoms with Crippen molar-refractivity contribution in [3.8, 4) is 0 Å². The molecule has 4 heteroatoms. The molecule has 78 valence electrons. The maximum absolute atomic E-state index is 11.1. The topological polar surface area (TPSA) is 46.2 Å². The van der Waals surface area contributed by atoms with Crippen LogP contribution in [0.25, 0.3) is 0 Å². The average molecular weight is 224 g/mol. The summed E-state index contributed by atoms with van der Waals surface area (Å²) in [6.07, 6.45) is 1.23. The lowest BCUT2D eigenvalue weighted by molar-refractivity contribution is -0.119. The lowest BCUT2D eigenvalue weighted by Gasteiger charge is -2.10. The highest BCUT2D eigenvalue weighted by Gasteiger charge is 2.24. The second-order valence-corrected chi connectivity index (χ2v) is 4.03. The number of nitrogens with one attached hydrogen (secondary N) is 1. The molecule has 2 rings (SSSR count). The summed E-state index contributed by atoms with van der Waals surface area (Å²) in [5, 5.41) is 3.29. The SMILES string of the molecule is O=Cc1cc(Cl)ccc1C1CNC(=O)C1. The molecule has 15 heavy (non-hydrogen) atoms. The third kappa shape index (κ3) is 2.02. The van der Waals surface area contributed by atoms with Crippen LogP contribution in [0.1, 0.15) is 28.3 Å². The van der Waals surface area contributed by atoms with E-state index in [4.69, 9.17) is 11.6 Å². The van der Waals surface area contributed by atoms with E-state index in [2.05, 4.69) is 5.32 Å². The molecule has 1 saturated heterocycles. The predicted molar refractivity (Wildman–Crippen MR) is 57.2 cm³/mol. The zero-order valence-corrected chi connectivity index (χ0v) is 8.75. The van der Waals surface area contributed by atoms with Gasteiger partial charge in [0.1, 0.15) is 6.29 Å². The normalized spacial score (nSPS) is 20.1. The highest BCUT2D eigenvalue weighted by atomic mass is 35.5. The summed E-state index contributed by atoms with van der Waals surface area (Å²) in [6, 6.07) is 5.19. The molecule has 1 heterocycles. The summed E-state index contributed by atoms with van der Waals surface area (Å²) in [5.41, 5.74) is 1.47. The molecule has 0 aliphatic carbocycles. The quantitative estimate of drug-likeness (QED) is 0.777. The highest BCUT2D eigenvalue weighted by Crippen LogP contribution is 2.27. The Bertz CT molecular complexity index is 417. The van der Waals surface area contributed by atoms with E-state index in [1.54, 1.807) is 12.1 Å². The molecule has 1 N–H and O–H groups in total. The summed E-state index contributed by atoms with van der Waals surface area (Å²) >= 11 is 5.79. The summed E-state index contributed by atoms with van der Waals surface area (Å²) < 4.78 is 0. The van der Waals surface area contributed by atoms with Crippen molar-refractivity contribution >= 4 is 23.8 Å². The molecule has 0 bridgehead atoms. The Hall–Kier alpha value is -1.35. The van der Waals surface area contributed by atoms with Gasteiger partial charge < -0.3 is 5.32 Å². The minimum atomic E-state index is 0.0341. The number of hydrogen-bond donors (Lipinski definition) is 1. The molecular weight excluding hydrogens is 214 g/mol. The van der Waals surface area contributed by atoms with Crippen LogP contribution in [-0.2, 0) is 4.79 Å². The zero-order valence-electron chi connectivity index (χ0n) is 8.00. The number of hydrogen-bond acceptors (Lipinski definition) is 2. The van der Waals surface area contributed by atoms with E-state index in [1.165, 1.54) is 0 Å². The second-order valence-electron chi connectivity index (χ2n) is 3.60. The fourth-order valence-electron chi connectivity index (χ4n) is 1.84. The van der Waals surface area contributed by atoms with Gasteiger partial charge in [0.25, 0.3) is 0 Å². The first-order valence-electron chi connectivity index (χ1n) is 4.72. The van der Waals surface area contributed by atoms with Gasteiger partial charge in [0.15, 0.2) is 0 Å². The molecule has 0 saturated carbocycles. The van der Waals surface area contributed by atoms with Crippen LogP contribution in [0.4, 0.5) is 0 Å². The average Bonchev–Trinajstić information content (AvgIpc) is 2.64. The fraction of sp³-hybridized carbons (Fsp3) is 0.273. The first kappa shape index (κ1) is 10.2. The van der Waals surface area contributed by atoms with Gasteiger partial charge in [-0.25, -0.2) is 0 Å². The Morgan fingerprint density at radius 1 is 1.47 bits per heavy atom. The van der Waals surface area contributed by atoms with E-state index in [0.717, 1.165) is 11.8 Å². The molecule has 1 aromatic rings. The minimum Gasteiger partial charge on any atom is -0.355 e. The van der Waals surface area contributed by atoms with Crippen LogP contribution >= 0.6 is 11.6 Å². The molecule has 1 amide bonds. The molecule has 0 radical (unpaired) electrons. The number of aldehydes is 1. The Labute approximate surface area is 92.4 Å². The van der Waals surface area contributed by atoms with Crippen LogP contribution in [0.15, 0.2) is 18.2 Å². The van der Waals surface area contributed by atoms with Crippen LogP contribution in [-0.4, -0.2) is 18.7 Å². The number of amides is 1. The molecule has 0 aromatic heterocycles. The molecular formula is C11H10ClNO2. The van der Waals surface area contributed by atoms with Gasteiger partial charge >= 0.3 is 0 Å². The summed E-state index contributed by atoms with van der Waals surface area (Å²) in [7, 11) is 0. The molecule has 1 fully saturated rings. The molecule has 1 aliphatic rings. The maximum atomic E-state index is 11.1. The summed E-state index contributed by atoms with van der Waals surface area (Å²) in [5.74, 6) is 0.127. The van der Waals surface area contributed by atoms with Crippen molar-refractivity contribution < 1.29 is 9.59 Å². The first-order chi connectivity index (χ1) is 7.20. The summed E-state index contributed by atoms with van der Waals surface area (Å²) in [4.78, 5) is 21.9. The zero-order chi connectivity index (χ0) is 10.8. The molecule has 0 spiro atoms. The first-order valence-corrected chi connectivity index (χ1v) is 5.10. The Kier molecular flexibility index (Phi) is 2.73. The van der Waals surface area contributed by atoms with E-state index >= 15 is 0 Å². The smallest absolute Gasteiger partial charge is 0.220 e. The molecule has 1 unspecified atom stereocenters. The molecule has 3 nitrogen and oxygen atoms in total. The standard InChI is InChI=1S/C11H10ClNO2/c12-9-1-2-10(8(3-9)6-14)7-4-11(15)13-5-7/h1-3,6-7H,4-5H2,(H,13,15). The molecule has 1 aliphatic heterocycles. The van der Waals surface area contributed by atoms with Gasteiger partial charge in [-0.1, -0.05) is 17.7 Å². The van der Waals surface area contributed by atoms with Crippen LogP contribution in [0.2, 0.25) is 5.02 Å². The molecule has 1 atom stereocenters. The van der Waals surface area contributed by atoms with Crippen molar-refractivity contribution in [3.05, 3.63) is 34.3 Å². The van der Waals surface area contributed by atoms with Gasteiger partial charge in [-0.05, 0) is 17.7 Å². The van der Waals surface area contributed by atoms with E-state index in [9.17, 15) is 9.59 Å². The van der Waals surface area contributed by atoms with Gasteiger partial charge in [-0.3, -0.25) is 9.59 Å². The van der Waals surface area contributed by atoms with Gasteiger partial charge in [-0.2, -0.15) is 0 Å². The van der Waals surface area contributed by atoms with E-state index in [0.29, 0.717) is 23.6 Å². The van der Waals surface area contributed by atoms with E-state index < -0.39 is 0 Å². The van der Waals surface area contributed by atoms with Crippen LogP contribution in [0, 0.1) is 0 Å². The van der Waals surface area contributed by atoms with Gasteiger partial charge in [0.2, 0.25) is 5.91 Å². The monoisotopic (exact) mass is 223 g/mol. The van der Waals surface area contributed by atoms with Crippen molar-refractivity contribution in [2.45, 2.75) is 12.3 Å². The Morgan fingerprint density at radius 2 is 2.27 bits per heavy atom. The van der Waals surface area contributed by atoms with Crippen molar-refractivity contribution in [3.63, 3.8) is 0 Å². The number of carbonyl (C=O) groups excluding carboxylic acids is 2. The largest absolute Gasteiger partial charge is 0.355 e. The van der Waals surface area contributed by atoms with Crippen LogP contribution < -0.4 is 5.32 Å². The lowest BCUT2D eigenvalue weighted by Crippen LogP contribution is -2.13. The predicted octanol–water partition coefficient (Wildman–Crippen LogP) is 1.76. The fourth-order valence-corrected chi connectivity index (χ4v) is 2.03. The number of carbonyl (C=O) groups is 2. The lowest BCUT2D eigenvalue weighted by atomic mass is 9.94. The van der Waals surface area contributed by atoms with Crippen LogP contribution in [0.5, 0.6) is 0 Å².